The molecule has 7 N–H and O–H groups in total. The van der Waals surface area contributed by atoms with Gasteiger partial charge in [0.25, 0.3) is 0 Å². The van der Waals surface area contributed by atoms with Crippen molar-refractivity contribution in [2.24, 2.45) is 5.41 Å². The van der Waals surface area contributed by atoms with Gasteiger partial charge in [-0.3, -0.25) is 0 Å². The second-order valence-electron chi connectivity index (χ2n) is 4.35. The van der Waals surface area contributed by atoms with Crippen molar-refractivity contribution in [1.82, 2.24) is 0 Å². The van der Waals surface area contributed by atoms with Gasteiger partial charge in [0, 0.05) is 29.7 Å². The minimum Gasteiger partial charge on any atom is -0.478 e. The fraction of sp³-hybridized carbons (Fsp3) is 0.429. The number of hydrogen-bond acceptors (Lipinski definition) is 7. The molecule has 0 aliphatic carbocycles. The summed E-state index contributed by atoms with van der Waals surface area (Å²) < 4.78 is 0. The highest BCUT2D eigenvalue weighted by molar-refractivity contribution is 5.90. The summed E-state index contributed by atoms with van der Waals surface area (Å²) in [5.41, 5.74) is -0.667. The summed E-state index contributed by atoms with van der Waals surface area (Å²) in [6, 6.07) is 0. The largest absolute Gasteiger partial charge is 0.478 e. The van der Waals surface area contributed by atoms with E-state index in [9.17, 15) is 19.2 Å². The molecule has 0 rings (SSSR count). The Balaban J connectivity index is -0.000000291. The fourth-order valence-corrected chi connectivity index (χ4v) is 0.771. The van der Waals surface area contributed by atoms with E-state index in [0.717, 1.165) is 0 Å². The Hall–Kier alpha value is -2.76. The van der Waals surface area contributed by atoms with Crippen LogP contribution in [-0.2, 0) is 19.2 Å². The van der Waals surface area contributed by atoms with Crippen LogP contribution < -0.4 is 0 Å². The van der Waals surface area contributed by atoms with E-state index < -0.39 is 29.3 Å². The Kier molecular flexibility index (Phi) is 17.5. The van der Waals surface area contributed by atoms with Crippen molar-refractivity contribution >= 4 is 23.9 Å². The van der Waals surface area contributed by atoms with Crippen molar-refractivity contribution in [1.29, 1.82) is 0 Å². The number of aliphatic carboxylic acids is 4. The molecule has 0 aromatic rings. The fourth-order valence-electron chi connectivity index (χ4n) is 0.771. The molecule has 0 bridgehead atoms. The van der Waals surface area contributed by atoms with Gasteiger partial charge in [0.05, 0.1) is 19.8 Å². The quantitative estimate of drug-likeness (QED) is 0.253. The van der Waals surface area contributed by atoms with Crippen LogP contribution in [0.25, 0.3) is 0 Å². The minimum absolute atomic E-state index is 0.156. The van der Waals surface area contributed by atoms with Crippen molar-refractivity contribution in [2.75, 3.05) is 19.8 Å². The zero-order valence-corrected chi connectivity index (χ0v) is 13.4. The highest BCUT2D eigenvalue weighted by atomic mass is 16.4. The summed E-state index contributed by atoms with van der Waals surface area (Å²) in [5, 5.41) is 57.2. The average Bonchev–Trinajstić information content (AvgIpc) is 2.55. The lowest BCUT2D eigenvalue weighted by Gasteiger charge is -2.24. The van der Waals surface area contributed by atoms with Gasteiger partial charge in [-0.05, 0) is 6.42 Å². The van der Waals surface area contributed by atoms with Gasteiger partial charge in [-0.2, -0.15) is 0 Å². The summed E-state index contributed by atoms with van der Waals surface area (Å²) in [4.78, 5) is 38.2. The Morgan fingerprint density at radius 1 is 0.640 bits per heavy atom. The number of aliphatic hydroxyl groups is 3. The van der Waals surface area contributed by atoms with Crippen LogP contribution in [0.1, 0.15) is 13.3 Å². The molecule has 11 nitrogen and oxygen atoms in total. The van der Waals surface area contributed by atoms with Crippen molar-refractivity contribution in [3.05, 3.63) is 24.3 Å². The predicted molar refractivity (Wildman–Crippen MR) is 82.8 cm³/mol. The molecule has 0 atom stereocenters. The van der Waals surface area contributed by atoms with Crippen molar-refractivity contribution < 1.29 is 54.9 Å². The summed E-state index contributed by atoms with van der Waals surface area (Å²) >= 11 is 0. The number of carbonyl (C=O) groups is 4. The highest BCUT2D eigenvalue weighted by Crippen LogP contribution is 2.18. The molecule has 25 heavy (non-hydrogen) atoms. The lowest BCUT2D eigenvalue weighted by atomic mass is 9.88. The lowest BCUT2D eigenvalue weighted by Crippen LogP contribution is -2.32. The third kappa shape index (κ3) is 21.2. The van der Waals surface area contributed by atoms with Gasteiger partial charge in [-0.25, -0.2) is 19.2 Å². The summed E-state index contributed by atoms with van der Waals surface area (Å²) in [7, 11) is 0. The first-order chi connectivity index (χ1) is 11.5. The van der Waals surface area contributed by atoms with E-state index in [2.05, 4.69) is 0 Å². The Bertz CT molecular complexity index is 392. The minimum atomic E-state index is -1.26. The Morgan fingerprint density at radius 2 is 0.840 bits per heavy atom. The number of carboxylic acid groups (broad SMARTS) is 4. The van der Waals surface area contributed by atoms with E-state index in [-0.39, 0.29) is 19.8 Å². The molecular formula is C14H22O11. The molecule has 144 valence electrons. The monoisotopic (exact) mass is 366 g/mol. The molecule has 0 aliphatic heterocycles. The Morgan fingerprint density at radius 3 is 0.880 bits per heavy atom. The van der Waals surface area contributed by atoms with Crippen LogP contribution in [0.4, 0.5) is 0 Å². The van der Waals surface area contributed by atoms with Crippen LogP contribution in [-0.4, -0.2) is 79.4 Å². The molecule has 0 spiro atoms. The van der Waals surface area contributed by atoms with Gasteiger partial charge in [0.15, 0.2) is 0 Å². The highest BCUT2D eigenvalue weighted by Gasteiger charge is 2.24. The van der Waals surface area contributed by atoms with E-state index in [1.165, 1.54) is 0 Å². The maximum absolute atomic E-state index is 9.55. The zero-order chi connectivity index (χ0) is 20.5. The SMILES string of the molecule is CCC(CO)(CO)CO.O=C(O)/C=C\C(=O)O.O=C(O)/C=C\C(=O)O. The van der Waals surface area contributed by atoms with E-state index in [0.29, 0.717) is 30.7 Å². The molecule has 0 saturated heterocycles. The number of carboxylic acids is 4. The van der Waals surface area contributed by atoms with Crippen LogP contribution in [0.2, 0.25) is 0 Å². The molecule has 0 saturated carbocycles. The molecule has 0 heterocycles. The van der Waals surface area contributed by atoms with E-state index in [4.69, 9.17) is 35.7 Å². The maximum Gasteiger partial charge on any atom is 0.328 e. The van der Waals surface area contributed by atoms with Crippen LogP contribution in [0.3, 0.4) is 0 Å². The summed E-state index contributed by atoms with van der Waals surface area (Å²) in [5.74, 6) is -5.03. The number of hydrogen-bond donors (Lipinski definition) is 7. The zero-order valence-electron chi connectivity index (χ0n) is 13.4. The molecule has 0 aromatic carbocycles. The number of aliphatic hydroxyl groups excluding tert-OH is 3. The van der Waals surface area contributed by atoms with Gasteiger partial charge in [-0.1, -0.05) is 6.92 Å². The van der Waals surface area contributed by atoms with Gasteiger partial charge < -0.3 is 35.7 Å². The second kappa shape index (κ2) is 16.1. The van der Waals surface area contributed by atoms with Crippen LogP contribution in [0.15, 0.2) is 24.3 Å². The van der Waals surface area contributed by atoms with E-state index in [1.54, 1.807) is 0 Å². The second-order valence-corrected chi connectivity index (χ2v) is 4.35. The third-order valence-electron chi connectivity index (χ3n) is 2.49. The van der Waals surface area contributed by atoms with Gasteiger partial charge in [0.2, 0.25) is 0 Å². The normalized spacial score (nSPS) is 10.4. The van der Waals surface area contributed by atoms with Gasteiger partial charge in [0.1, 0.15) is 0 Å². The Labute approximate surface area is 142 Å². The van der Waals surface area contributed by atoms with Crippen molar-refractivity contribution in [3.8, 4) is 0 Å². The maximum atomic E-state index is 9.55. The van der Waals surface area contributed by atoms with Crippen LogP contribution in [0, 0.1) is 5.41 Å². The van der Waals surface area contributed by atoms with Crippen molar-refractivity contribution in [2.45, 2.75) is 13.3 Å². The van der Waals surface area contributed by atoms with Gasteiger partial charge >= 0.3 is 23.9 Å². The molecule has 0 aliphatic rings. The first-order valence-electron chi connectivity index (χ1n) is 6.60. The molecule has 0 unspecified atom stereocenters. The molecule has 0 fully saturated rings. The van der Waals surface area contributed by atoms with E-state index >= 15 is 0 Å². The average molecular weight is 366 g/mol. The first-order valence-corrected chi connectivity index (χ1v) is 6.60. The molecule has 0 aromatic heterocycles. The molecule has 0 amide bonds. The third-order valence-corrected chi connectivity index (χ3v) is 2.49. The topological polar surface area (TPSA) is 210 Å². The van der Waals surface area contributed by atoms with Crippen LogP contribution in [0.5, 0.6) is 0 Å². The van der Waals surface area contributed by atoms with Crippen LogP contribution >= 0.6 is 0 Å². The number of rotatable bonds is 8. The molecule has 11 heteroatoms. The molecular weight excluding hydrogens is 344 g/mol. The lowest BCUT2D eigenvalue weighted by molar-refractivity contribution is -0.134. The first kappa shape index (κ1) is 27.1. The standard InChI is InChI=1S/C6H14O3.2C4H4O4/c1-2-6(3-7,4-8)5-9;2*5-3(6)1-2-4(7)8/h7-9H,2-5H2,1H3;2*1-2H,(H,5,6)(H,7,8)/b;2*2-1-. The van der Waals surface area contributed by atoms with Gasteiger partial charge in [-0.15, -0.1) is 0 Å². The molecule has 0 radical (unpaired) electrons. The summed E-state index contributed by atoms with van der Waals surface area (Å²) in [6.07, 6.45) is 2.83. The van der Waals surface area contributed by atoms with Crippen molar-refractivity contribution in [3.63, 3.8) is 0 Å². The summed E-state index contributed by atoms with van der Waals surface area (Å²) in [6.45, 7) is 1.35. The van der Waals surface area contributed by atoms with E-state index in [1.807, 2.05) is 6.92 Å². The smallest absolute Gasteiger partial charge is 0.328 e. The predicted octanol–water partition coefficient (Wildman–Crippen LogP) is -1.22.